The van der Waals surface area contributed by atoms with Gasteiger partial charge >= 0.3 is 6.09 Å². The summed E-state index contributed by atoms with van der Waals surface area (Å²) in [5.41, 5.74) is 1.83. The van der Waals surface area contributed by atoms with E-state index in [2.05, 4.69) is 10.3 Å². The van der Waals surface area contributed by atoms with Gasteiger partial charge in [-0.3, -0.25) is 4.98 Å². The second kappa shape index (κ2) is 5.77. The van der Waals surface area contributed by atoms with E-state index in [4.69, 9.17) is 16.3 Å². The molecule has 2 aromatic rings. The van der Waals surface area contributed by atoms with Crippen LogP contribution >= 0.6 is 11.6 Å². The molecule has 1 aliphatic rings. The molecule has 110 valence electrons. The number of cyclic esters (lactones) is 1. The third kappa shape index (κ3) is 3.03. The summed E-state index contributed by atoms with van der Waals surface area (Å²) in [7, 11) is 0. The molecule has 1 N–H and O–H groups in total. The van der Waals surface area contributed by atoms with E-state index >= 15 is 0 Å². The van der Waals surface area contributed by atoms with Gasteiger partial charge in [0.15, 0.2) is 0 Å². The number of carbonyl (C=O) groups is 1. The van der Waals surface area contributed by atoms with Crippen molar-refractivity contribution in [3.05, 3.63) is 35.5 Å². The zero-order valence-corrected chi connectivity index (χ0v) is 12.4. The predicted molar refractivity (Wildman–Crippen MR) is 82.8 cm³/mol. The number of nitrogens with one attached hydrogen (secondary N) is 1. The van der Waals surface area contributed by atoms with Gasteiger partial charge < -0.3 is 15.0 Å². The summed E-state index contributed by atoms with van der Waals surface area (Å²) in [6.07, 6.45) is 1.48. The fourth-order valence-corrected chi connectivity index (χ4v) is 2.62. The summed E-state index contributed by atoms with van der Waals surface area (Å²) >= 11 is 5.97. The summed E-state index contributed by atoms with van der Waals surface area (Å²) < 4.78 is 5.09. The quantitative estimate of drug-likeness (QED) is 0.943. The van der Waals surface area contributed by atoms with Crippen LogP contribution in [0.4, 0.5) is 10.5 Å². The van der Waals surface area contributed by atoms with Crippen LogP contribution in [0.15, 0.2) is 30.5 Å². The fraction of sp³-hybridized carbons (Fsp3) is 0.333. The Labute approximate surface area is 127 Å². The Morgan fingerprint density at radius 3 is 3.10 bits per heavy atom. The maximum absolute atomic E-state index is 11.5. The standard InChI is InChI=1S/C15H16ClN3O2/c1-10-9-19(15(20)21-10)7-6-18-13-4-5-17-14-8-11(16)2-3-12(13)14/h2-5,8,10H,6-7,9H2,1H3,(H,17,18)/t10-/m0/s1. The maximum Gasteiger partial charge on any atom is 0.410 e. The first-order valence-electron chi connectivity index (χ1n) is 6.87. The van der Waals surface area contributed by atoms with E-state index < -0.39 is 0 Å². The van der Waals surface area contributed by atoms with Crippen molar-refractivity contribution in [1.29, 1.82) is 0 Å². The van der Waals surface area contributed by atoms with Crippen LogP contribution in [0.25, 0.3) is 10.9 Å². The molecule has 1 saturated heterocycles. The van der Waals surface area contributed by atoms with Gasteiger partial charge in [0.05, 0.1) is 12.1 Å². The maximum atomic E-state index is 11.5. The molecule has 3 rings (SSSR count). The van der Waals surface area contributed by atoms with Gasteiger partial charge in [-0.25, -0.2) is 4.79 Å². The molecule has 1 aromatic heterocycles. The molecule has 6 heteroatoms. The van der Waals surface area contributed by atoms with Gasteiger partial charge in [-0.2, -0.15) is 0 Å². The lowest BCUT2D eigenvalue weighted by molar-refractivity contribution is 0.139. The highest BCUT2D eigenvalue weighted by Gasteiger charge is 2.27. The van der Waals surface area contributed by atoms with Crippen LogP contribution in [0.3, 0.4) is 0 Å². The van der Waals surface area contributed by atoms with Gasteiger partial charge in [0.1, 0.15) is 6.10 Å². The van der Waals surface area contributed by atoms with Crippen molar-refractivity contribution in [1.82, 2.24) is 9.88 Å². The van der Waals surface area contributed by atoms with Crippen LogP contribution in [-0.2, 0) is 4.74 Å². The Hall–Kier alpha value is -2.01. The van der Waals surface area contributed by atoms with Gasteiger partial charge in [-0.15, -0.1) is 0 Å². The largest absolute Gasteiger partial charge is 0.445 e. The predicted octanol–water partition coefficient (Wildman–Crippen LogP) is 3.14. The number of hydrogen-bond donors (Lipinski definition) is 1. The number of nitrogens with zero attached hydrogens (tertiary/aromatic N) is 2. The highest BCUT2D eigenvalue weighted by molar-refractivity contribution is 6.31. The molecule has 0 unspecified atom stereocenters. The van der Waals surface area contributed by atoms with Crippen LogP contribution in [0, 0.1) is 0 Å². The molecule has 1 amide bonds. The Balaban J connectivity index is 1.67. The monoisotopic (exact) mass is 305 g/mol. The first kappa shape index (κ1) is 13.9. The number of hydrogen-bond acceptors (Lipinski definition) is 4. The lowest BCUT2D eigenvalue weighted by Gasteiger charge is -2.14. The zero-order valence-electron chi connectivity index (χ0n) is 11.7. The molecular weight excluding hydrogens is 290 g/mol. The Kier molecular flexibility index (Phi) is 3.84. The first-order valence-corrected chi connectivity index (χ1v) is 7.25. The minimum Gasteiger partial charge on any atom is -0.445 e. The van der Waals surface area contributed by atoms with Crippen LogP contribution in [-0.4, -0.2) is 41.7 Å². The van der Waals surface area contributed by atoms with E-state index in [9.17, 15) is 4.79 Å². The number of aromatic nitrogens is 1. The molecule has 1 aromatic carbocycles. The third-order valence-electron chi connectivity index (χ3n) is 3.44. The minimum absolute atomic E-state index is 0.0265. The minimum atomic E-state index is -0.240. The normalized spacial score (nSPS) is 18.1. The highest BCUT2D eigenvalue weighted by Crippen LogP contribution is 2.24. The van der Waals surface area contributed by atoms with Crippen molar-refractivity contribution in [2.24, 2.45) is 0 Å². The molecule has 2 heterocycles. The van der Waals surface area contributed by atoms with E-state index in [1.165, 1.54) is 0 Å². The molecule has 0 radical (unpaired) electrons. The summed E-state index contributed by atoms with van der Waals surface area (Å²) in [6.45, 7) is 3.81. The first-order chi connectivity index (χ1) is 10.1. The van der Waals surface area contributed by atoms with Crippen molar-refractivity contribution in [3.63, 3.8) is 0 Å². The summed E-state index contributed by atoms with van der Waals surface area (Å²) in [4.78, 5) is 17.5. The number of rotatable bonds is 4. The van der Waals surface area contributed by atoms with Crippen molar-refractivity contribution in [2.75, 3.05) is 25.0 Å². The number of amides is 1. The van der Waals surface area contributed by atoms with Gasteiger partial charge in [-0.1, -0.05) is 11.6 Å². The molecule has 0 bridgehead atoms. The van der Waals surface area contributed by atoms with E-state index in [1.807, 2.05) is 31.2 Å². The molecule has 1 fully saturated rings. The number of fused-ring (bicyclic) bond motifs is 1. The molecule has 1 atom stereocenters. The van der Waals surface area contributed by atoms with E-state index in [0.717, 1.165) is 16.6 Å². The number of ether oxygens (including phenoxy) is 1. The average Bonchev–Trinajstić information content (AvgIpc) is 2.77. The molecule has 5 nitrogen and oxygen atoms in total. The number of anilines is 1. The van der Waals surface area contributed by atoms with E-state index in [1.54, 1.807) is 11.1 Å². The summed E-state index contributed by atoms with van der Waals surface area (Å²) in [5, 5.41) is 5.02. The van der Waals surface area contributed by atoms with Crippen molar-refractivity contribution >= 4 is 34.3 Å². The van der Waals surface area contributed by atoms with Crippen molar-refractivity contribution in [3.8, 4) is 0 Å². The van der Waals surface area contributed by atoms with Gasteiger partial charge in [0.2, 0.25) is 0 Å². The van der Waals surface area contributed by atoms with Crippen LogP contribution in [0.2, 0.25) is 5.02 Å². The molecule has 0 spiro atoms. The van der Waals surface area contributed by atoms with Crippen LogP contribution in [0.1, 0.15) is 6.92 Å². The second-order valence-corrected chi connectivity index (χ2v) is 5.52. The van der Waals surface area contributed by atoms with Gasteiger partial charge in [0.25, 0.3) is 0 Å². The molecule has 21 heavy (non-hydrogen) atoms. The van der Waals surface area contributed by atoms with Crippen molar-refractivity contribution in [2.45, 2.75) is 13.0 Å². The molecule has 0 saturated carbocycles. The fourth-order valence-electron chi connectivity index (χ4n) is 2.45. The van der Waals surface area contributed by atoms with E-state index in [0.29, 0.717) is 24.7 Å². The number of pyridine rings is 1. The van der Waals surface area contributed by atoms with Crippen LogP contribution in [0.5, 0.6) is 0 Å². The molecular formula is C15H16ClN3O2. The van der Waals surface area contributed by atoms with Crippen LogP contribution < -0.4 is 5.32 Å². The average molecular weight is 306 g/mol. The number of carbonyl (C=O) groups excluding carboxylic acids is 1. The summed E-state index contributed by atoms with van der Waals surface area (Å²) in [6, 6.07) is 7.54. The molecule has 0 aliphatic carbocycles. The Morgan fingerprint density at radius 1 is 1.48 bits per heavy atom. The SMILES string of the molecule is C[C@H]1CN(CCNc2ccnc3cc(Cl)ccc23)C(=O)O1. The Bertz CT molecular complexity index is 677. The second-order valence-electron chi connectivity index (χ2n) is 5.09. The topological polar surface area (TPSA) is 54.5 Å². The highest BCUT2D eigenvalue weighted by atomic mass is 35.5. The number of benzene rings is 1. The molecule has 1 aliphatic heterocycles. The lowest BCUT2D eigenvalue weighted by Crippen LogP contribution is -2.30. The zero-order chi connectivity index (χ0) is 14.8. The Morgan fingerprint density at radius 2 is 2.33 bits per heavy atom. The number of halogens is 1. The van der Waals surface area contributed by atoms with E-state index in [-0.39, 0.29) is 12.2 Å². The van der Waals surface area contributed by atoms with Gasteiger partial charge in [0, 0.05) is 35.4 Å². The lowest BCUT2D eigenvalue weighted by atomic mass is 10.2. The van der Waals surface area contributed by atoms with Crippen molar-refractivity contribution < 1.29 is 9.53 Å². The third-order valence-corrected chi connectivity index (χ3v) is 3.67. The van der Waals surface area contributed by atoms with Gasteiger partial charge in [-0.05, 0) is 31.2 Å². The smallest absolute Gasteiger partial charge is 0.410 e. The summed E-state index contributed by atoms with van der Waals surface area (Å²) in [5.74, 6) is 0.